The molecule has 2 rings (SSSR count). The lowest BCUT2D eigenvalue weighted by Crippen LogP contribution is -2.52. The van der Waals surface area contributed by atoms with Crippen LogP contribution in [-0.4, -0.2) is 43.0 Å². The first-order valence-electron chi connectivity index (χ1n) is 5.58. The number of hydrogen-bond acceptors (Lipinski definition) is 3. The van der Waals surface area contributed by atoms with E-state index in [1.165, 1.54) is 4.90 Å². The number of ether oxygens (including phenoxy) is 1. The predicted octanol–water partition coefficient (Wildman–Crippen LogP) is 0.786. The molecule has 0 spiro atoms. The Balaban J connectivity index is 1.79. The summed E-state index contributed by atoms with van der Waals surface area (Å²) in [6, 6.07) is 7.45. The summed E-state index contributed by atoms with van der Waals surface area (Å²) in [5, 5.41) is 2.50. The average molecular weight is 313 g/mol. The lowest BCUT2D eigenvalue weighted by Gasteiger charge is -2.26. The summed E-state index contributed by atoms with van der Waals surface area (Å²) in [6.07, 6.45) is 0. The van der Waals surface area contributed by atoms with Crippen LogP contribution in [0, 0.1) is 0 Å². The molecule has 0 atom stereocenters. The minimum atomic E-state index is -0.127. The second-order valence-corrected chi connectivity index (χ2v) is 4.81. The second-order valence-electron chi connectivity index (χ2n) is 3.89. The van der Waals surface area contributed by atoms with E-state index in [2.05, 4.69) is 21.2 Å². The van der Waals surface area contributed by atoms with Crippen molar-refractivity contribution in [2.24, 2.45) is 0 Å². The van der Waals surface area contributed by atoms with Gasteiger partial charge in [-0.3, -0.25) is 9.59 Å². The monoisotopic (exact) mass is 312 g/mol. The second kappa shape index (κ2) is 5.86. The van der Waals surface area contributed by atoms with Crippen molar-refractivity contribution in [1.29, 1.82) is 0 Å². The Morgan fingerprint density at radius 1 is 1.28 bits per heavy atom. The van der Waals surface area contributed by atoms with Gasteiger partial charge in [0, 0.05) is 4.47 Å². The number of carbonyl (C=O) groups excluding carboxylic acids is 2. The summed E-state index contributed by atoms with van der Waals surface area (Å²) in [5.41, 5.74) is 0. The summed E-state index contributed by atoms with van der Waals surface area (Å²) in [6.45, 7) is 0.989. The molecule has 1 aromatic carbocycles. The predicted molar refractivity (Wildman–Crippen MR) is 69.2 cm³/mol. The van der Waals surface area contributed by atoms with Gasteiger partial charge < -0.3 is 15.0 Å². The molecule has 96 valence electrons. The van der Waals surface area contributed by atoms with E-state index in [1.807, 2.05) is 24.3 Å². The van der Waals surface area contributed by atoms with Crippen LogP contribution in [0.3, 0.4) is 0 Å². The molecule has 0 radical (unpaired) electrons. The number of rotatable bonds is 4. The van der Waals surface area contributed by atoms with E-state index in [4.69, 9.17) is 4.74 Å². The fourth-order valence-electron chi connectivity index (χ4n) is 1.61. The molecule has 1 aromatic rings. The summed E-state index contributed by atoms with van der Waals surface area (Å²) >= 11 is 3.34. The third-order valence-corrected chi connectivity index (χ3v) is 3.10. The van der Waals surface area contributed by atoms with Crippen LogP contribution >= 0.6 is 15.9 Å². The van der Waals surface area contributed by atoms with Crippen LogP contribution in [-0.2, 0) is 9.59 Å². The van der Waals surface area contributed by atoms with E-state index in [-0.39, 0.29) is 24.9 Å². The highest BCUT2D eigenvalue weighted by Gasteiger charge is 2.22. The number of carbonyl (C=O) groups is 2. The van der Waals surface area contributed by atoms with Crippen LogP contribution in [0.4, 0.5) is 0 Å². The fourth-order valence-corrected chi connectivity index (χ4v) is 1.88. The number of nitrogens with one attached hydrogen (secondary N) is 1. The molecule has 1 heterocycles. The maximum absolute atomic E-state index is 11.5. The highest BCUT2D eigenvalue weighted by Crippen LogP contribution is 2.15. The van der Waals surface area contributed by atoms with Crippen molar-refractivity contribution in [3.8, 4) is 5.75 Å². The van der Waals surface area contributed by atoms with Crippen LogP contribution in [0.2, 0.25) is 0 Å². The van der Waals surface area contributed by atoms with Gasteiger partial charge >= 0.3 is 0 Å². The van der Waals surface area contributed by atoms with Gasteiger partial charge in [-0.1, -0.05) is 15.9 Å². The molecule has 5 nitrogen and oxygen atoms in total. The van der Waals surface area contributed by atoms with Gasteiger partial charge in [-0.25, -0.2) is 0 Å². The van der Waals surface area contributed by atoms with Crippen LogP contribution < -0.4 is 10.1 Å². The van der Waals surface area contributed by atoms with Crippen molar-refractivity contribution >= 4 is 27.7 Å². The van der Waals surface area contributed by atoms with Gasteiger partial charge in [0.25, 0.3) is 0 Å². The molecular weight excluding hydrogens is 300 g/mol. The summed E-state index contributed by atoms with van der Waals surface area (Å²) in [7, 11) is 0. The van der Waals surface area contributed by atoms with Gasteiger partial charge in [0.05, 0.1) is 19.6 Å². The van der Waals surface area contributed by atoms with Crippen molar-refractivity contribution in [2.45, 2.75) is 0 Å². The molecule has 1 N–H and O–H groups in total. The number of piperazine rings is 1. The first kappa shape index (κ1) is 12.9. The Morgan fingerprint density at radius 3 is 2.72 bits per heavy atom. The van der Waals surface area contributed by atoms with Crippen molar-refractivity contribution in [2.75, 3.05) is 26.2 Å². The largest absolute Gasteiger partial charge is 0.492 e. The first-order chi connectivity index (χ1) is 8.65. The Hall–Kier alpha value is -1.56. The molecule has 0 aliphatic carbocycles. The smallest absolute Gasteiger partial charge is 0.242 e. The van der Waals surface area contributed by atoms with Gasteiger partial charge in [-0.15, -0.1) is 0 Å². The number of halogens is 1. The zero-order valence-corrected chi connectivity index (χ0v) is 11.3. The SMILES string of the molecule is O=C1CN(CCOc2ccc(Br)cc2)C(=O)CN1. The minimum absolute atomic E-state index is 0.0750. The molecule has 0 aromatic heterocycles. The van der Waals surface area contributed by atoms with Crippen molar-refractivity contribution < 1.29 is 14.3 Å². The van der Waals surface area contributed by atoms with Gasteiger partial charge in [0.15, 0.2) is 0 Å². The standard InChI is InChI=1S/C12H13BrN2O3/c13-9-1-3-10(4-2-9)18-6-5-15-8-11(16)14-7-12(15)17/h1-4H,5-8H2,(H,14,16). The molecule has 1 aliphatic heterocycles. The van der Waals surface area contributed by atoms with Crippen LogP contribution in [0.1, 0.15) is 0 Å². The van der Waals surface area contributed by atoms with Crippen molar-refractivity contribution in [1.82, 2.24) is 10.2 Å². The molecule has 6 heteroatoms. The van der Waals surface area contributed by atoms with E-state index in [0.717, 1.165) is 10.2 Å². The summed E-state index contributed by atoms with van der Waals surface area (Å²) in [5.74, 6) is 0.541. The molecule has 0 bridgehead atoms. The quantitative estimate of drug-likeness (QED) is 0.894. The molecule has 0 saturated carbocycles. The van der Waals surface area contributed by atoms with Crippen LogP contribution in [0.5, 0.6) is 5.75 Å². The lowest BCUT2D eigenvalue weighted by molar-refractivity contribution is -0.140. The Morgan fingerprint density at radius 2 is 2.00 bits per heavy atom. The highest BCUT2D eigenvalue weighted by atomic mass is 79.9. The zero-order valence-electron chi connectivity index (χ0n) is 9.69. The van der Waals surface area contributed by atoms with Gasteiger partial charge in [0.2, 0.25) is 11.8 Å². The van der Waals surface area contributed by atoms with Gasteiger partial charge in [-0.2, -0.15) is 0 Å². The van der Waals surface area contributed by atoms with E-state index in [1.54, 1.807) is 0 Å². The summed E-state index contributed by atoms with van der Waals surface area (Å²) < 4.78 is 6.48. The van der Waals surface area contributed by atoms with Gasteiger partial charge in [0.1, 0.15) is 12.4 Å². The molecule has 1 saturated heterocycles. The van der Waals surface area contributed by atoms with E-state index in [0.29, 0.717) is 13.2 Å². The van der Waals surface area contributed by atoms with E-state index < -0.39 is 0 Å². The summed E-state index contributed by atoms with van der Waals surface area (Å²) in [4.78, 5) is 24.1. The maximum atomic E-state index is 11.5. The average Bonchev–Trinajstić information content (AvgIpc) is 2.36. The molecule has 1 aliphatic rings. The maximum Gasteiger partial charge on any atom is 0.242 e. The molecule has 0 unspecified atom stereocenters. The van der Waals surface area contributed by atoms with Crippen molar-refractivity contribution in [3.63, 3.8) is 0 Å². The Labute approximate surface area is 113 Å². The van der Waals surface area contributed by atoms with E-state index in [9.17, 15) is 9.59 Å². The molecule has 2 amide bonds. The van der Waals surface area contributed by atoms with Crippen molar-refractivity contribution in [3.05, 3.63) is 28.7 Å². The van der Waals surface area contributed by atoms with Crippen LogP contribution in [0.25, 0.3) is 0 Å². The Bertz CT molecular complexity index is 447. The number of hydrogen-bond donors (Lipinski definition) is 1. The number of benzene rings is 1. The Kier molecular flexibility index (Phi) is 4.19. The number of amides is 2. The first-order valence-corrected chi connectivity index (χ1v) is 6.37. The van der Waals surface area contributed by atoms with E-state index >= 15 is 0 Å². The highest BCUT2D eigenvalue weighted by molar-refractivity contribution is 9.10. The molecule has 1 fully saturated rings. The molecular formula is C12H13BrN2O3. The zero-order chi connectivity index (χ0) is 13.0. The molecule has 18 heavy (non-hydrogen) atoms. The lowest BCUT2D eigenvalue weighted by atomic mass is 10.3. The third-order valence-electron chi connectivity index (χ3n) is 2.57. The topological polar surface area (TPSA) is 58.6 Å². The van der Waals surface area contributed by atoms with Crippen LogP contribution in [0.15, 0.2) is 28.7 Å². The third kappa shape index (κ3) is 3.46. The number of nitrogens with zero attached hydrogens (tertiary/aromatic N) is 1. The fraction of sp³-hybridized carbons (Fsp3) is 0.333. The van der Waals surface area contributed by atoms with Gasteiger partial charge in [-0.05, 0) is 24.3 Å². The normalized spacial score (nSPS) is 15.5. The minimum Gasteiger partial charge on any atom is -0.492 e.